The first kappa shape index (κ1) is 60.4. The second kappa shape index (κ2) is 48.9. The fourth-order valence-corrected chi connectivity index (χ4v) is 8.49. The van der Waals surface area contributed by atoms with Gasteiger partial charge in [0, 0.05) is 19.3 Å². The first-order valence-electron chi connectivity index (χ1n) is 27.8. The molecule has 0 aliphatic rings. The van der Waals surface area contributed by atoms with Crippen LogP contribution in [0.5, 0.6) is 0 Å². The lowest BCUT2D eigenvalue weighted by Crippen LogP contribution is -2.30. The largest absolute Gasteiger partial charge is 0.462 e. The second-order valence-corrected chi connectivity index (χ2v) is 19.9. The number of hydrogen-bond acceptors (Lipinski definition) is 6. The quantitative estimate of drug-likeness (QED) is 0.0344. The van der Waals surface area contributed by atoms with Crippen molar-refractivity contribution in [2.45, 2.75) is 317 Å². The van der Waals surface area contributed by atoms with E-state index in [2.05, 4.69) is 34.6 Å². The van der Waals surface area contributed by atoms with E-state index >= 15 is 0 Å². The van der Waals surface area contributed by atoms with E-state index < -0.39 is 6.10 Å². The Kier molecular flexibility index (Phi) is 47.6. The Balaban J connectivity index is 4.26. The number of hydrogen-bond donors (Lipinski definition) is 0. The fraction of sp³-hybridized carbons (Fsp3) is 0.946. The topological polar surface area (TPSA) is 78.9 Å². The van der Waals surface area contributed by atoms with Crippen LogP contribution in [-0.2, 0) is 28.6 Å². The molecule has 0 spiro atoms. The van der Waals surface area contributed by atoms with Crippen molar-refractivity contribution in [3.63, 3.8) is 0 Å². The van der Waals surface area contributed by atoms with Crippen LogP contribution in [-0.4, -0.2) is 37.2 Å². The van der Waals surface area contributed by atoms with Gasteiger partial charge in [-0.3, -0.25) is 14.4 Å². The Morgan fingerprint density at radius 3 is 0.919 bits per heavy atom. The third kappa shape index (κ3) is 47.9. The van der Waals surface area contributed by atoms with Crippen molar-refractivity contribution in [2.75, 3.05) is 13.2 Å². The maximum Gasteiger partial charge on any atom is 0.306 e. The molecule has 0 aromatic heterocycles. The van der Waals surface area contributed by atoms with Crippen LogP contribution < -0.4 is 0 Å². The van der Waals surface area contributed by atoms with Gasteiger partial charge in [-0.15, -0.1) is 0 Å². The predicted molar refractivity (Wildman–Crippen MR) is 266 cm³/mol. The molecule has 0 aromatic carbocycles. The molecule has 6 nitrogen and oxygen atoms in total. The zero-order valence-corrected chi connectivity index (χ0v) is 42.5. The van der Waals surface area contributed by atoms with Gasteiger partial charge < -0.3 is 14.2 Å². The summed E-state index contributed by atoms with van der Waals surface area (Å²) in [6.45, 7) is 11.4. The van der Waals surface area contributed by atoms with E-state index in [0.29, 0.717) is 19.3 Å². The molecule has 0 aliphatic heterocycles. The minimum absolute atomic E-state index is 0.0638. The second-order valence-electron chi connectivity index (χ2n) is 19.9. The molecule has 2 atom stereocenters. The van der Waals surface area contributed by atoms with Crippen molar-refractivity contribution in [1.82, 2.24) is 0 Å². The molecule has 1 unspecified atom stereocenters. The van der Waals surface area contributed by atoms with Crippen LogP contribution in [0.25, 0.3) is 0 Å². The van der Waals surface area contributed by atoms with Crippen molar-refractivity contribution >= 4 is 17.9 Å². The monoisotopic (exact) mass is 877 g/mol. The van der Waals surface area contributed by atoms with Crippen LogP contribution in [0.15, 0.2) is 0 Å². The molecule has 0 radical (unpaired) electrons. The summed E-state index contributed by atoms with van der Waals surface area (Å²) in [4.78, 5) is 38.0. The molecule has 6 heteroatoms. The summed E-state index contributed by atoms with van der Waals surface area (Å²) < 4.78 is 16.8. The number of ether oxygens (including phenoxy) is 3. The minimum atomic E-state index is -0.763. The summed E-state index contributed by atoms with van der Waals surface area (Å²) in [7, 11) is 0. The van der Waals surface area contributed by atoms with Gasteiger partial charge in [-0.2, -0.15) is 0 Å². The molecule has 368 valence electrons. The van der Waals surface area contributed by atoms with Crippen molar-refractivity contribution in [1.29, 1.82) is 0 Å². The Hall–Kier alpha value is -1.59. The van der Waals surface area contributed by atoms with Gasteiger partial charge in [0.15, 0.2) is 6.10 Å². The van der Waals surface area contributed by atoms with Crippen LogP contribution in [0.3, 0.4) is 0 Å². The lowest BCUT2D eigenvalue weighted by Gasteiger charge is -2.18. The number of carbonyl (C=O) groups is 3. The Labute approximate surface area is 387 Å². The first-order chi connectivity index (χ1) is 30.3. The smallest absolute Gasteiger partial charge is 0.306 e. The zero-order chi connectivity index (χ0) is 45.4. The summed E-state index contributed by atoms with van der Waals surface area (Å²) in [6, 6.07) is 0. The van der Waals surface area contributed by atoms with Gasteiger partial charge in [0.05, 0.1) is 0 Å². The lowest BCUT2D eigenvalue weighted by atomic mass is 9.99. The van der Waals surface area contributed by atoms with Crippen LogP contribution in [0.1, 0.15) is 311 Å². The molecule has 0 N–H and O–H groups in total. The third-order valence-electron chi connectivity index (χ3n) is 13.1. The third-order valence-corrected chi connectivity index (χ3v) is 13.1. The summed E-state index contributed by atoms with van der Waals surface area (Å²) in [5.41, 5.74) is 0. The average molecular weight is 877 g/mol. The summed E-state index contributed by atoms with van der Waals surface area (Å²) in [6.07, 6.45) is 50.9. The van der Waals surface area contributed by atoms with Gasteiger partial charge in [0.1, 0.15) is 13.2 Å². The minimum Gasteiger partial charge on any atom is -0.462 e. The highest BCUT2D eigenvalue weighted by atomic mass is 16.6. The van der Waals surface area contributed by atoms with Gasteiger partial charge in [-0.05, 0) is 31.1 Å². The maximum atomic E-state index is 12.8. The lowest BCUT2D eigenvalue weighted by molar-refractivity contribution is -0.167. The van der Waals surface area contributed by atoms with Crippen molar-refractivity contribution in [2.24, 2.45) is 11.8 Å². The molecule has 0 saturated carbocycles. The molecule has 0 fully saturated rings. The molecule has 62 heavy (non-hydrogen) atoms. The number of rotatable bonds is 50. The number of carbonyl (C=O) groups excluding carboxylic acids is 3. The normalized spacial score (nSPS) is 12.5. The summed E-state index contributed by atoms with van der Waals surface area (Å²) in [5.74, 6) is 0.817. The molecule has 0 saturated heterocycles. The molecular formula is C56H108O6. The highest BCUT2D eigenvalue weighted by Gasteiger charge is 2.19. The number of esters is 3. The van der Waals surface area contributed by atoms with Crippen molar-refractivity contribution in [3.8, 4) is 0 Å². The van der Waals surface area contributed by atoms with Gasteiger partial charge in [-0.1, -0.05) is 272 Å². The summed E-state index contributed by atoms with van der Waals surface area (Å²) >= 11 is 0. The molecule has 0 heterocycles. The summed E-state index contributed by atoms with van der Waals surface area (Å²) in [5, 5.41) is 0. The molecule has 0 aromatic rings. The fourth-order valence-electron chi connectivity index (χ4n) is 8.49. The van der Waals surface area contributed by atoms with E-state index in [0.717, 1.165) is 69.6 Å². The molecule has 0 bridgehead atoms. The predicted octanol–water partition coefficient (Wildman–Crippen LogP) is 18.1. The average Bonchev–Trinajstić information content (AvgIpc) is 3.26. The van der Waals surface area contributed by atoms with Gasteiger partial charge in [0.25, 0.3) is 0 Å². The zero-order valence-electron chi connectivity index (χ0n) is 42.5. The van der Waals surface area contributed by atoms with Crippen molar-refractivity contribution < 1.29 is 28.6 Å². The SMILES string of the molecule is CCCCCCCCCCCCCCCCCCCCCC(=O)OC[C@H](COC(=O)CCCCCCCCCCCCC(C)C)OC(=O)CCCCCCCCCCC(C)CC. The van der Waals surface area contributed by atoms with Gasteiger partial charge >= 0.3 is 17.9 Å². The molecule has 0 rings (SSSR count). The van der Waals surface area contributed by atoms with E-state index in [4.69, 9.17) is 14.2 Å². The van der Waals surface area contributed by atoms with E-state index in [9.17, 15) is 14.4 Å². The van der Waals surface area contributed by atoms with Crippen LogP contribution >= 0.6 is 0 Å². The maximum absolute atomic E-state index is 12.8. The van der Waals surface area contributed by atoms with E-state index in [1.807, 2.05) is 0 Å². The highest BCUT2D eigenvalue weighted by molar-refractivity contribution is 5.71. The standard InChI is InChI=1S/C56H108O6/c1-6-8-9-10-11-12-13-14-15-16-17-18-19-20-21-25-31-36-41-46-54(57)60-49-53(62-56(59)48-43-38-33-28-27-30-35-40-45-52(5)7-2)50-61-55(58)47-42-37-32-26-23-22-24-29-34-39-44-51(3)4/h51-53H,6-50H2,1-5H3/t52?,53-/m1/s1. The van der Waals surface area contributed by atoms with E-state index in [1.165, 1.54) is 199 Å². The first-order valence-corrected chi connectivity index (χ1v) is 27.8. The molecule has 0 amide bonds. The van der Waals surface area contributed by atoms with E-state index in [1.54, 1.807) is 0 Å². The van der Waals surface area contributed by atoms with Crippen LogP contribution in [0.4, 0.5) is 0 Å². The van der Waals surface area contributed by atoms with E-state index in [-0.39, 0.29) is 31.1 Å². The van der Waals surface area contributed by atoms with Gasteiger partial charge in [0.2, 0.25) is 0 Å². The van der Waals surface area contributed by atoms with Crippen LogP contribution in [0, 0.1) is 11.8 Å². The highest BCUT2D eigenvalue weighted by Crippen LogP contribution is 2.18. The Bertz CT molecular complexity index is 949. The van der Waals surface area contributed by atoms with Crippen LogP contribution in [0.2, 0.25) is 0 Å². The Morgan fingerprint density at radius 2 is 0.613 bits per heavy atom. The molecular weight excluding hydrogens is 769 g/mol. The van der Waals surface area contributed by atoms with Gasteiger partial charge in [-0.25, -0.2) is 0 Å². The Morgan fingerprint density at radius 1 is 0.339 bits per heavy atom. The molecule has 0 aliphatic carbocycles. The number of unbranched alkanes of at least 4 members (excludes halogenated alkanes) is 34. The van der Waals surface area contributed by atoms with Crippen molar-refractivity contribution in [3.05, 3.63) is 0 Å².